The summed E-state index contributed by atoms with van der Waals surface area (Å²) in [5, 5.41) is 10.2. The van der Waals surface area contributed by atoms with Crippen LogP contribution in [0.1, 0.15) is 24.7 Å². The Bertz CT molecular complexity index is 1360. The Balaban J connectivity index is 1.43. The van der Waals surface area contributed by atoms with Crippen molar-refractivity contribution in [2.45, 2.75) is 39.3 Å². The van der Waals surface area contributed by atoms with Gasteiger partial charge in [0.1, 0.15) is 17.4 Å². The van der Waals surface area contributed by atoms with Crippen LogP contribution in [-0.4, -0.2) is 56.2 Å². The molecule has 8 nitrogen and oxygen atoms in total. The smallest absolute Gasteiger partial charge is 0.345 e. The molecular weight excluding hydrogens is 408 g/mol. The average Bonchev–Trinajstić information content (AvgIpc) is 3.40. The van der Waals surface area contributed by atoms with Gasteiger partial charge in [-0.25, -0.2) is 9.78 Å². The Morgan fingerprint density at radius 1 is 1.25 bits per heavy atom. The summed E-state index contributed by atoms with van der Waals surface area (Å²) < 4.78 is 13.6. The number of likely N-dealkylation sites (tertiary alicyclic amines) is 1. The molecule has 5 rings (SSSR count). The summed E-state index contributed by atoms with van der Waals surface area (Å²) in [6, 6.07) is 7.49. The topological polar surface area (TPSA) is 93.1 Å². The molecule has 0 aliphatic carbocycles. The maximum Gasteiger partial charge on any atom is 0.345 e. The van der Waals surface area contributed by atoms with E-state index in [1.54, 1.807) is 6.07 Å². The second-order valence-corrected chi connectivity index (χ2v) is 8.53. The molecule has 0 radical (unpaired) electrons. The van der Waals surface area contributed by atoms with Crippen LogP contribution in [0.2, 0.25) is 0 Å². The van der Waals surface area contributed by atoms with Crippen molar-refractivity contribution in [1.82, 2.24) is 19.3 Å². The van der Waals surface area contributed by atoms with Crippen molar-refractivity contribution in [3.05, 3.63) is 58.5 Å². The maximum absolute atomic E-state index is 12.8. The number of imidazole rings is 1. The summed E-state index contributed by atoms with van der Waals surface area (Å²) in [6.45, 7) is 7.63. The van der Waals surface area contributed by atoms with Gasteiger partial charge in [-0.05, 0) is 45.4 Å². The van der Waals surface area contributed by atoms with Crippen LogP contribution in [-0.2, 0) is 0 Å². The summed E-state index contributed by atoms with van der Waals surface area (Å²) in [5.41, 5.74) is 3.42. The highest BCUT2D eigenvalue weighted by Crippen LogP contribution is 2.27. The molecule has 0 bridgehead atoms. The highest BCUT2D eigenvalue weighted by Gasteiger charge is 2.27. The van der Waals surface area contributed by atoms with Crippen molar-refractivity contribution >= 4 is 16.6 Å². The van der Waals surface area contributed by atoms with Crippen LogP contribution in [0.4, 0.5) is 0 Å². The van der Waals surface area contributed by atoms with Crippen LogP contribution in [0, 0.1) is 13.8 Å². The third-order valence-electron chi connectivity index (χ3n) is 6.08. The van der Waals surface area contributed by atoms with Crippen molar-refractivity contribution in [3.63, 3.8) is 0 Å². The number of fused-ring (bicyclic) bond motifs is 2. The van der Waals surface area contributed by atoms with Crippen molar-refractivity contribution in [3.8, 4) is 17.0 Å². The summed E-state index contributed by atoms with van der Waals surface area (Å²) in [7, 11) is 0. The molecule has 1 aliphatic heterocycles. The second kappa shape index (κ2) is 8.03. The predicted octanol–water partition coefficient (Wildman–Crippen LogP) is 2.95. The van der Waals surface area contributed by atoms with Crippen LogP contribution < -0.4 is 10.4 Å². The van der Waals surface area contributed by atoms with Gasteiger partial charge in [0.15, 0.2) is 5.65 Å². The first-order chi connectivity index (χ1) is 15.4. The molecular formula is C24H26N4O4. The van der Waals surface area contributed by atoms with Gasteiger partial charge in [-0.15, -0.1) is 0 Å². The van der Waals surface area contributed by atoms with E-state index in [1.807, 2.05) is 55.8 Å². The molecule has 1 fully saturated rings. The average molecular weight is 434 g/mol. The third-order valence-corrected chi connectivity index (χ3v) is 6.08. The lowest BCUT2D eigenvalue weighted by atomic mass is 10.1. The largest absolute Gasteiger partial charge is 0.489 e. The normalized spacial score (nSPS) is 17.9. The number of aromatic nitrogens is 3. The number of ether oxygens (including phenoxy) is 1. The minimum absolute atomic E-state index is 0.0470. The molecule has 2 atom stereocenters. The van der Waals surface area contributed by atoms with Gasteiger partial charge in [-0.3, -0.25) is 9.88 Å². The van der Waals surface area contributed by atoms with Crippen LogP contribution in [0.3, 0.4) is 0 Å². The Kier molecular flexibility index (Phi) is 5.19. The Hall–Kier alpha value is -3.23. The molecule has 3 aromatic heterocycles. The van der Waals surface area contributed by atoms with Crippen molar-refractivity contribution in [2.75, 3.05) is 19.7 Å². The van der Waals surface area contributed by atoms with Crippen LogP contribution >= 0.6 is 0 Å². The molecule has 0 spiro atoms. The number of aliphatic hydroxyl groups excluding tert-OH is 1. The molecule has 4 heterocycles. The first-order valence-electron chi connectivity index (χ1n) is 10.8. The molecule has 0 saturated carbocycles. The van der Waals surface area contributed by atoms with E-state index in [2.05, 4.69) is 14.9 Å². The SMILES string of the molecule is Cc1cn2cc(-c3cc4ccc(OC5CCN(C(C)CO)C5)cc4oc3=O)nc2c(C)n1. The molecule has 1 N–H and O–H groups in total. The lowest BCUT2D eigenvalue weighted by Crippen LogP contribution is -2.35. The van der Waals surface area contributed by atoms with E-state index in [0.29, 0.717) is 22.6 Å². The summed E-state index contributed by atoms with van der Waals surface area (Å²) in [4.78, 5) is 24.0. The van der Waals surface area contributed by atoms with Crippen LogP contribution in [0.15, 0.2) is 45.9 Å². The first-order valence-corrected chi connectivity index (χ1v) is 10.8. The zero-order chi connectivity index (χ0) is 22.4. The molecule has 1 aliphatic rings. The van der Waals surface area contributed by atoms with E-state index in [0.717, 1.165) is 41.9 Å². The molecule has 32 heavy (non-hydrogen) atoms. The number of rotatable bonds is 5. The molecule has 1 saturated heterocycles. The molecule has 166 valence electrons. The Labute approximate surface area is 185 Å². The third kappa shape index (κ3) is 3.76. The van der Waals surface area contributed by atoms with Crippen molar-refractivity contribution in [1.29, 1.82) is 0 Å². The van der Waals surface area contributed by atoms with Gasteiger partial charge in [-0.2, -0.15) is 0 Å². The second-order valence-electron chi connectivity index (χ2n) is 8.53. The summed E-state index contributed by atoms with van der Waals surface area (Å²) in [6.07, 6.45) is 4.65. The van der Waals surface area contributed by atoms with Gasteiger partial charge in [0.05, 0.1) is 29.3 Å². The highest BCUT2D eigenvalue weighted by molar-refractivity contribution is 5.82. The number of benzene rings is 1. The number of hydrogen-bond donors (Lipinski definition) is 1. The molecule has 2 unspecified atom stereocenters. The fraction of sp³-hybridized carbons (Fsp3) is 0.375. The summed E-state index contributed by atoms with van der Waals surface area (Å²) in [5.74, 6) is 0.668. The van der Waals surface area contributed by atoms with E-state index in [1.165, 1.54) is 0 Å². The van der Waals surface area contributed by atoms with Gasteiger partial charge >= 0.3 is 5.63 Å². The quantitative estimate of drug-likeness (QED) is 0.483. The van der Waals surface area contributed by atoms with Gasteiger partial charge in [-0.1, -0.05) is 0 Å². The highest BCUT2D eigenvalue weighted by atomic mass is 16.5. The number of hydrogen-bond acceptors (Lipinski definition) is 7. The number of aliphatic hydroxyl groups is 1. The number of nitrogens with zero attached hydrogens (tertiary/aromatic N) is 4. The van der Waals surface area contributed by atoms with Gasteiger partial charge < -0.3 is 18.7 Å². The zero-order valence-electron chi connectivity index (χ0n) is 18.4. The fourth-order valence-corrected chi connectivity index (χ4v) is 4.34. The van der Waals surface area contributed by atoms with E-state index in [4.69, 9.17) is 9.15 Å². The Morgan fingerprint density at radius 2 is 2.09 bits per heavy atom. The molecule has 0 amide bonds. The predicted molar refractivity (Wildman–Crippen MR) is 121 cm³/mol. The molecule has 8 heteroatoms. The van der Waals surface area contributed by atoms with Crippen LogP contribution in [0.5, 0.6) is 5.75 Å². The summed E-state index contributed by atoms with van der Waals surface area (Å²) >= 11 is 0. The molecule has 4 aromatic rings. The molecule has 1 aromatic carbocycles. The van der Waals surface area contributed by atoms with E-state index in [-0.39, 0.29) is 18.8 Å². The van der Waals surface area contributed by atoms with Crippen molar-refractivity contribution in [2.24, 2.45) is 0 Å². The van der Waals surface area contributed by atoms with Gasteiger partial charge in [0, 0.05) is 43.0 Å². The maximum atomic E-state index is 12.8. The number of aryl methyl sites for hydroxylation is 2. The zero-order valence-corrected chi connectivity index (χ0v) is 18.4. The lowest BCUT2D eigenvalue weighted by Gasteiger charge is -2.22. The van der Waals surface area contributed by atoms with Crippen LogP contribution in [0.25, 0.3) is 27.9 Å². The first kappa shape index (κ1) is 20.7. The van der Waals surface area contributed by atoms with Gasteiger partial charge in [0.2, 0.25) is 0 Å². The Morgan fingerprint density at radius 3 is 2.91 bits per heavy atom. The van der Waals surface area contributed by atoms with Gasteiger partial charge in [0.25, 0.3) is 0 Å². The fourth-order valence-electron chi connectivity index (χ4n) is 4.34. The minimum atomic E-state index is -0.441. The van der Waals surface area contributed by atoms with E-state index < -0.39 is 5.63 Å². The minimum Gasteiger partial charge on any atom is -0.489 e. The standard InChI is InChI=1S/C24H26N4O4/c1-14-10-28-12-21(26-23(28)16(3)25-14)20-8-17-4-5-18(9-22(17)32-24(20)30)31-19-6-7-27(11-19)15(2)13-29/h4-5,8-10,12,15,19,29H,6-7,11,13H2,1-3H3. The van der Waals surface area contributed by atoms with Crippen molar-refractivity contribution < 1.29 is 14.3 Å². The monoisotopic (exact) mass is 434 g/mol. The lowest BCUT2D eigenvalue weighted by molar-refractivity contribution is 0.138. The van der Waals surface area contributed by atoms with E-state index >= 15 is 0 Å². The van der Waals surface area contributed by atoms with E-state index in [9.17, 15) is 9.90 Å².